The highest BCUT2D eigenvalue weighted by Gasteiger charge is 2.35. The lowest BCUT2D eigenvalue weighted by molar-refractivity contribution is 0.430. The molecule has 1 aliphatic heterocycles. The molecule has 2 heterocycles. The molecule has 0 radical (unpaired) electrons. The van der Waals surface area contributed by atoms with E-state index in [4.69, 9.17) is 4.52 Å². The molecule has 0 unspecified atom stereocenters. The number of hydrogen-bond donors (Lipinski definition) is 1. The molecule has 1 fully saturated rings. The van der Waals surface area contributed by atoms with Gasteiger partial charge in [-0.25, -0.2) is 13.1 Å². The minimum atomic E-state index is -3.32. The van der Waals surface area contributed by atoms with Gasteiger partial charge in [0.1, 0.15) is 0 Å². The Bertz CT molecular complexity index is 758. The SMILES string of the molecule is CC(C)NS(=O)(=O)[C@@H]1CCN(c2noc(-c3ccccc3)n2)C1. The van der Waals surface area contributed by atoms with Crippen molar-refractivity contribution < 1.29 is 12.9 Å². The summed E-state index contributed by atoms with van der Waals surface area (Å²) in [7, 11) is -3.32. The van der Waals surface area contributed by atoms with Crippen molar-refractivity contribution in [1.29, 1.82) is 0 Å². The molecule has 23 heavy (non-hydrogen) atoms. The molecule has 7 nitrogen and oxygen atoms in total. The van der Waals surface area contributed by atoms with Crippen LogP contribution >= 0.6 is 0 Å². The molecule has 3 rings (SSSR count). The quantitative estimate of drug-likeness (QED) is 0.893. The molecule has 0 bridgehead atoms. The first-order chi connectivity index (χ1) is 11.0. The van der Waals surface area contributed by atoms with Crippen LogP contribution in [0.5, 0.6) is 0 Å². The Hall–Kier alpha value is -1.93. The highest BCUT2D eigenvalue weighted by Crippen LogP contribution is 2.24. The van der Waals surface area contributed by atoms with Crippen molar-refractivity contribution >= 4 is 16.0 Å². The normalized spacial score (nSPS) is 18.7. The average Bonchev–Trinajstić information content (AvgIpc) is 3.16. The molecule has 0 spiro atoms. The number of rotatable bonds is 5. The van der Waals surface area contributed by atoms with Gasteiger partial charge in [-0.05, 0) is 37.6 Å². The number of sulfonamides is 1. The molecular weight excluding hydrogens is 316 g/mol. The maximum atomic E-state index is 12.2. The lowest BCUT2D eigenvalue weighted by atomic mass is 10.2. The fourth-order valence-electron chi connectivity index (χ4n) is 2.63. The van der Waals surface area contributed by atoms with Crippen LogP contribution in [0.1, 0.15) is 20.3 Å². The summed E-state index contributed by atoms with van der Waals surface area (Å²) >= 11 is 0. The lowest BCUT2D eigenvalue weighted by Gasteiger charge is -2.16. The molecular formula is C15H20N4O3S. The van der Waals surface area contributed by atoms with Crippen LogP contribution in [-0.4, -0.2) is 42.9 Å². The Labute approximate surface area is 135 Å². The van der Waals surface area contributed by atoms with Gasteiger partial charge in [0.25, 0.3) is 11.8 Å². The molecule has 1 aromatic carbocycles. The summed E-state index contributed by atoms with van der Waals surface area (Å²) in [6.45, 7) is 4.60. The predicted octanol–water partition coefficient (Wildman–Crippen LogP) is 1.64. The fraction of sp³-hybridized carbons (Fsp3) is 0.467. The molecule has 1 aliphatic rings. The maximum Gasteiger partial charge on any atom is 0.266 e. The van der Waals surface area contributed by atoms with Crippen LogP contribution in [0.25, 0.3) is 11.5 Å². The van der Waals surface area contributed by atoms with Crippen molar-refractivity contribution in [2.75, 3.05) is 18.0 Å². The second-order valence-electron chi connectivity index (χ2n) is 5.94. The van der Waals surface area contributed by atoms with Gasteiger partial charge in [-0.3, -0.25) is 0 Å². The van der Waals surface area contributed by atoms with Crippen LogP contribution in [0.2, 0.25) is 0 Å². The summed E-state index contributed by atoms with van der Waals surface area (Å²) in [5.74, 6) is 0.873. The Morgan fingerprint density at radius 2 is 2.04 bits per heavy atom. The van der Waals surface area contributed by atoms with Crippen molar-refractivity contribution in [3.05, 3.63) is 30.3 Å². The third-order valence-electron chi connectivity index (χ3n) is 3.70. The summed E-state index contributed by atoms with van der Waals surface area (Å²) in [6.07, 6.45) is 0.553. The first-order valence-electron chi connectivity index (χ1n) is 7.61. The number of anilines is 1. The van der Waals surface area contributed by atoms with Gasteiger partial charge in [-0.2, -0.15) is 4.98 Å². The molecule has 0 amide bonds. The Morgan fingerprint density at radius 3 is 2.74 bits per heavy atom. The number of hydrogen-bond acceptors (Lipinski definition) is 6. The summed E-state index contributed by atoms with van der Waals surface area (Å²) < 4.78 is 32.4. The van der Waals surface area contributed by atoms with E-state index >= 15 is 0 Å². The lowest BCUT2D eigenvalue weighted by Crippen LogP contribution is -2.39. The van der Waals surface area contributed by atoms with E-state index in [2.05, 4.69) is 14.9 Å². The van der Waals surface area contributed by atoms with Gasteiger partial charge >= 0.3 is 0 Å². The van der Waals surface area contributed by atoms with Crippen LogP contribution in [0, 0.1) is 0 Å². The molecule has 1 N–H and O–H groups in total. The zero-order valence-corrected chi connectivity index (χ0v) is 14.0. The van der Waals surface area contributed by atoms with Gasteiger partial charge in [-0.1, -0.05) is 18.2 Å². The standard InChI is InChI=1S/C15H20N4O3S/c1-11(2)18-23(20,21)13-8-9-19(10-13)15-16-14(22-17-15)12-6-4-3-5-7-12/h3-7,11,13,18H,8-10H2,1-2H3/t13-/m1/s1. The van der Waals surface area contributed by atoms with E-state index in [-0.39, 0.29) is 6.04 Å². The highest BCUT2D eigenvalue weighted by molar-refractivity contribution is 7.90. The topological polar surface area (TPSA) is 88.3 Å². The second-order valence-corrected chi connectivity index (χ2v) is 7.93. The van der Waals surface area contributed by atoms with E-state index in [1.807, 2.05) is 49.1 Å². The van der Waals surface area contributed by atoms with Crippen molar-refractivity contribution in [2.24, 2.45) is 0 Å². The van der Waals surface area contributed by atoms with Crippen LogP contribution in [0.15, 0.2) is 34.9 Å². The number of nitrogens with zero attached hydrogens (tertiary/aromatic N) is 3. The van der Waals surface area contributed by atoms with Gasteiger partial charge < -0.3 is 9.42 Å². The smallest absolute Gasteiger partial charge is 0.266 e. The molecule has 8 heteroatoms. The molecule has 1 aromatic heterocycles. The van der Waals surface area contributed by atoms with Gasteiger partial charge in [0, 0.05) is 24.7 Å². The van der Waals surface area contributed by atoms with Crippen molar-refractivity contribution in [1.82, 2.24) is 14.9 Å². The Balaban J connectivity index is 1.72. The highest BCUT2D eigenvalue weighted by atomic mass is 32.2. The number of aromatic nitrogens is 2. The minimum Gasteiger partial charge on any atom is -0.337 e. The largest absolute Gasteiger partial charge is 0.337 e. The number of benzene rings is 1. The molecule has 0 aliphatic carbocycles. The van der Waals surface area contributed by atoms with Crippen LogP contribution in [0.3, 0.4) is 0 Å². The summed E-state index contributed by atoms with van der Waals surface area (Å²) in [5.41, 5.74) is 0.844. The molecule has 2 aromatic rings. The van der Waals surface area contributed by atoms with Gasteiger partial charge in [-0.15, -0.1) is 0 Å². The van der Waals surface area contributed by atoms with Crippen LogP contribution in [-0.2, 0) is 10.0 Å². The number of nitrogens with one attached hydrogen (secondary N) is 1. The van der Waals surface area contributed by atoms with Crippen molar-refractivity contribution in [2.45, 2.75) is 31.6 Å². The third-order valence-corrected chi connectivity index (χ3v) is 5.77. The van der Waals surface area contributed by atoms with Crippen molar-refractivity contribution in [3.63, 3.8) is 0 Å². The summed E-state index contributed by atoms with van der Waals surface area (Å²) in [6, 6.07) is 9.38. The monoisotopic (exact) mass is 336 g/mol. The maximum absolute atomic E-state index is 12.2. The molecule has 124 valence electrons. The second kappa shape index (κ2) is 6.29. The Kier molecular flexibility index (Phi) is 4.36. The first-order valence-corrected chi connectivity index (χ1v) is 9.15. The van der Waals surface area contributed by atoms with Gasteiger partial charge in [0.05, 0.1) is 5.25 Å². The zero-order valence-electron chi connectivity index (χ0n) is 13.1. The predicted molar refractivity (Wildman–Crippen MR) is 87.5 cm³/mol. The van der Waals surface area contributed by atoms with E-state index in [9.17, 15) is 8.42 Å². The Morgan fingerprint density at radius 1 is 1.30 bits per heavy atom. The van der Waals surface area contributed by atoms with E-state index in [1.165, 1.54) is 0 Å². The summed E-state index contributed by atoms with van der Waals surface area (Å²) in [4.78, 5) is 6.22. The minimum absolute atomic E-state index is 0.107. The van der Waals surface area contributed by atoms with Crippen molar-refractivity contribution in [3.8, 4) is 11.5 Å². The van der Waals surface area contributed by atoms with E-state index < -0.39 is 15.3 Å². The summed E-state index contributed by atoms with van der Waals surface area (Å²) in [5, 5.41) is 3.52. The fourth-order valence-corrected chi connectivity index (χ4v) is 4.27. The third kappa shape index (κ3) is 3.53. The molecule has 1 saturated heterocycles. The van der Waals surface area contributed by atoms with E-state index in [0.29, 0.717) is 31.3 Å². The molecule has 1 atom stereocenters. The van der Waals surface area contributed by atoms with Gasteiger partial charge in [0.15, 0.2) is 0 Å². The van der Waals surface area contributed by atoms with Gasteiger partial charge in [0.2, 0.25) is 10.0 Å². The molecule has 0 saturated carbocycles. The van der Waals surface area contributed by atoms with E-state index in [0.717, 1.165) is 5.56 Å². The van der Waals surface area contributed by atoms with E-state index in [1.54, 1.807) is 0 Å². The van der Waals surface area contributed by atoms with Crippen LogP contribution < -0.4 is 9.62 Å². The van der Waals surface area contributed by atoms with Crippen LogP contribution in [0.4, 0.5) is 5.95 Å². The first kappa shape index (κ1) is 15.9. The zero-order chi connectivity index (χ0) is 16.4. The average molecular weight is 336 g/mol.